The first kappa shape index (κ1) is 15.5. The fraction of sp³-hybridized carbons (Fsp3) is 0.333. The van der Waals surface area contributed by atoms with E-state index in [0.29, 0.717) is 16.0 Å². The van der Waals surface area contributed by atoms with E-state index in [-0.39, 0.29) is 18.0 Å². The third-order valence-corrected chi connectivity index (χ3v) is 2.85. The van der Waals surface area contributed by atoms with Crippen LogP contribution in [0.4, 0.5) is 0 Å². The summed E-state index contributed by atoms with van der Waals surface area (Å²) in [7, 11) is 2.91. The van der Waals surface area contributed by atoms with Crippen LogP contribution in [0.15, 0.2) is 16.6 Å². The lowest BCUT2D eigenvalue weighted by Crippen LogP contribution is -2.15. The molecule has 7 heteroatoms. The number of carbonyl (C=O) groups excluding carboxylic acids is 1. The largest absolute Gasteiger partial charge is 0.496 e. The number of halogens is 1. The first-order valence-corrected chi connectivity index (χ1v) is 6.03. The van der Waals surface area contributed by atoms with Crippen LogP contribution in [-0.4, -0.2) is 44.3 Å². The van der Waals surface area contributed by atoms with E-state index in [9.17, 15) is 9.59 Å². The molecule has 1 aromatic rings. The standard InChI is InChI=1S/C12H13BrO6/c1-17-10-4-8(13)11(18-2)3-7(10)9(14)5-19-6-12(15)16/h3-4H,5-6H2,1-2H3,(H,15,16). The van der Waals surface area contributed by atoms with Crippen LogP contribution in [0.5, 0.6) is 11.5 Å². The minimum atomic E-state index is -1.13. The van der Waals surface area contributed by atoms with Crippen molar-refractivity contribution in [1.29, 1.82) is 0 Å². The molecule has 0 aliphatic heterocycles. The van der Waals surface area contributed by atoms with Crippen molar-refractivity contribution in [3.05, 3.63) is 22.2 Å². The van der Waals surface area contributed by atoms with E-state index < -0.39 is 12.6 Å². The van der Waals surface area contributed by atoms with Crippen LogP contribution in [0.3, 0.4) is 0 Å². The summed E-state index contributed by atoms with van der Waals surface area (Å²) in [5.41, 5.74) is 0.271. The predicted molar refractivity (Wildman–Crippen MR) is 70.0 cm³/mol. The Hall–Kier alpha value is -1.60. The molecule has 0 heterocycles. The van der Waals surface area contributed by atoms with Gasteiger partial charge in [0.05, 0.1) is 24.3 Å². The van der Waals surface area contributed by atoms with Gasteiger partial charge in [-0.1, -0.05) is 0 Å². The summed E-state index contributed by atoms with van der Waals surface area (Å²) in [6.45, 7) is -0.866. The molecule has 0 aromatic heterocycles. The smallest absolute Gasteiger partial charge is 0.329 e. The van der Waals surface area contributed by atoms with Crippen LogP contribution in [0, 0.1) is 0 Å². The second-order valence-electron chi connectivity index (χ2n) is 3.50. The van der Waals surface area contributed by atoms with Crippen molar-refractivity contribution in [1.82, 2.24) is 0 Å². The maximum Gasteiger partial charge on any atom is 0.329 e. The van der Waals surface area contributed by atoms with Gasteiger partial charge in [-0.3, -0.25) is 4.79 Å². The van der Waals surface area contributed by atoms with Crippen molar-refractivity contribution in [3.63, 3.8) is 0 Å². The van der Waals surface area contributed by atoms with Crippen LogP contribution < -0.4 is 9.47 Å². The number of Topliss-reactive ketones (excluding diaryl/α,β-unsaturated/α-hetero) is 1. The molecule has 1 rings (SSSR count). The Balaban J connectivity index is 2.91. The molecular weight excluding hydrogens is 320 g/mol. The van der Waals surface area contributed by atoms with Gasteiger partial charge in [-0.15, -0.1) is 0 Å². The maximum absolute atomic E-state index is 11.9. The zero-order valence-electron chi connectivity index (χ0n) is 10.4. The number of rotatable bonds is 7. The van der Waals surface area contributed by atoms with Gasteiger partial charge in [-0.25, -0.2) is 4.79 Å². The molecule has 1 aromatic carbocycles. The van der Waals surface area contributed by atoms with Gasteiger partial charge in [0.1, 0.15) is 24.7 Å². The summed E-state index contributed by atoms with van der Waals surface area (Å²) in [6, 6.07) is 3.11. The Morgan fingerprint density at radius 1 is 1.16 bits per heavy atom. The summed E-state index contributed by atoms with van der Waals surface area (Å²) in [5.74, 6) is -0.684. The van der Waals surface area contributed by atoms with Crippen molar-refractivity contribution < 1.29 is 28.9 Å². The van der Waals surface area contributed by atoms with E-state index in [0.717, 1.165) is 0 Å². The molecule has 6 nitrogen and oxygen atoms in total. The highest BCUT2D eigenvalue weighted by Crippen LogP contribution is 2.32. The minimum absolute atomic E-state index is 0.271. The quantitative estimate of drug-likeness (QED) is 0.766. The highest BCUT2D eigenvalue weighted by molar-refractivity contribution is 9.10. The molecular formula is C12H13BrO6. The van der Waals surface area contributed by atoms with Crippen molar-refractivity contribution >= 4 is 27.7 Å². The Labute approximate surface area is 118 Å². The average molecular weight is 333 g/mol. The van der Waals surface area contributed by atoms with Gasteiger partial charge in [0.15, 0.2) is 5.78 Å². The number of hydrogen-bond donors (Lipinski definition) is 1. The number of methoxy groups -OCH3 is 2. The molecule has 0 aliphatic carbocycles. The lowest BCUT2D eigenvalue weighted by Gasteiger charge is -2.11. The molecule has 0 atom stereocenters. The second-order valence-corrected chi connectivity index (χ2v) is 4.35. The summed E-state index contributed by atoms with van der Waals surface area (Å²) < 4.78 is 15.6. The Morgan fingerprint density at radius 3 is 2.32 bits per heavy atom. The zero-order valence-corrected chi connectivity index (χ0v) is 12.0. The normalized spacial score (nSPS) is 10.1. The minimum Gasteiger partial charge on any atom is -0.496 e. The highest BCUT2D eigenvalue weighted by atomic mass is 79.9. The summed E-state index contributed by atoms with van der Waals surface area (Å²) in [6.07, 6.45) is 0. The van der Waals surface area contributed by atoms with Gasteiger partial charge in [-0.2, -0.15) is 0 Å². The van der Waals surface area contributed by atoms with Crippen LogP contribution in [0.1, 0.15) is 10.4 Å². The van der Waals surface area contributed by atoms with E-state index in [4.69, 9.17) is 19.3 Å². The molecule has 0 aliphatic rings. The third kappa shape index (κ3) is 4.22. The molecule has 0 radical (unpaired) electrons. The summed E-state index contributed by atoms with van der Waals surface area (Å²) in [5, 5.41) is 8.43. The van der Waals surface area contributed by atoms with Crippen LogP contribution >= 0.6 is 15.9 Å². The van der Waals surface area contributed by atoms with Crippen molar-refractivity contribution in [2.24, 2.45) is 0 Å². The third-order valence-electron chi connectivity index (χ3n) is 2.23. The first-order chi connectivity index (χ1) is 8.99. The van der Waals surface area contributed by atoms with Gasteiger partial charge in [0, 0.05) is 0 Å². The van der Waals surface area contributed by atoms with Crippen LogP contribution in [0.25, 0.3) is 0 Å². The Morgan fingerprint density at radius 2 is 1.79 bits per heavy atom. The maximum atomic E-state index is 11.9. The fourth-order valence-corrected chi connectivity index (χ4v) is 1.87. The van der Waals surface area contributed by atoms with E-state index in [1.54, 1.807) is 6.07 Å². The van der Waals surface area contributed by atoms with Crippen molar-refractivity contribution in [2.45, 2.75) is 0 Å². The number of ketones is 1. The lowest BCUT2D eigenvalue weighted by atomic mass is 10.1. The average Bonchev–Trinajstić information content (AvgIpc) is 2.37. The molecule has 0 saturated carbocycles. The lowest BCUT2D eigenvalue weighted by molar-refractivity contribution is -0.141. The second kappa shape index (κ2) is 7.10. The number of carboxylic acid groups (broad SMARTS) is 1. The van der Waals surface area contributed by atoms with Gasteiger partial charge in [0.25, 0.3) is 0 Å². The van der Waals surface area contributed by atoms with Crippen molar-refractivity contribution in [3.8, 4) is 11.5 Å². The number of carbonyl (C=O) groups is 2. The Kier molecular flexibility index (Phi) is 5.78. The first-order valence-electron chi connectivity index (χ1n) is 5.23. The Bertz CT molecular complexity index is 485. The summed E-state index contributed by atoms with van der Waals surface area (Å²) >= 11 is 3.28. The molecule has 0 bridgehead atoms. The van der Waals surface area contributed by atoms with Crippen LogP contribution in [0.2, 0.25) is 0 Å². The van der Waals surface area contributed by atoms with Gasteiger partial charge in [0.2, 0.25) is 0 Å². The molecule has 1 N–H and O–H groups in total. The highest BCUT2D eigenvalue weighted by Gasteiger charge is 2.16. The number of aliphatic carboxylic acids is 1. The molecule has 0 fully saturated rings. The van der Waals surface area contributed by atoms with Gasteiger partial charge < -0.3 is 19.3 Å². The summed E-state index contributed by atoms with van der Waals surface area (Å²) in [4.78, 5) is 22.2. The molecule has 104 valence electrons. The molecule has 0 amide bonds. The molecule has 0 spiro atoms. The number of carboxylic acids is 1. The monoisotopic (exact) mass is 332 g/mol. The van der Waals surface area contributed by atoms with Gasteiger partial charge >= 0.3 is 5.97 Å². The zero-order chi connectivity index (χ0) is 14.4. The van der Waals surface area contributed by atoms with Gasteiger partial charge in [-0.05, 0) is 28.1 Å². The van der Waals surface area contributed by atoms with Crippen LogP contribution in [-0.2, 0) is 9.53 Å². The topological polar surface area (TPSA) is 82.1 Å². The predicted octanol–water partition coefficient (Wildman–Crippen LogP) is 1.75. The number of hydrogen-bond acceptors (Lipinski definition) is 5. The molecule has 0 saturated heterocycles. The molecule has 0 unspecified atom stereocenters. The van der Waals surface area contributed by atoms with E-state index in [1.807, 2.05) is 0 Å². The van der Waals surface area contributed by atoms with Crippen molar-refractivity contribution in [2.75, 3.05) is 27.4 Å². The number of benzene rings is 1. The molecule has 19 heavy (non-hydrogen) atoms. The SMILES string of the molecule is COc1cc(C(=O)COCC(=O)O)c(OC)cc1Br. The van der Waals surface area contributed by atoms with E-state index >= 15 is 0 Å². The fourth-order valence-electron chi connectivity index (χ4n) is 1.39. The van der Waals surface area contributed by atoms with E-state index in [2.05, 4.69) is 15.9 Å². The number of ether oxygens (including phenoxy) is 3. The van der Waals surface area contributed by atoms with E-state index in [1.165, 1.54) is 20.3 Å².